The van der Waals surface area contributed by atoms with Crippen molar-refractivity contribution < 1.29 is 14.3 Å². The highest BCUT2D eigenvalue weighted by Crippen LogP contribution is 2.38. The zero-order valence-electron chi connectivity index (χ0n) is 13.1. The Labute approximate surface area is 121 Å². The van der Waals surface area contributed by atoms with E-state index in [-0.39, 0.29) is 29.3 Å². The third-order valence-electron chi connectivity index (χ3n) is 4.14. The quantitative estimate of drug-likeness (QED) is 0.842. The lowest BCUT2D eigenvalue weighted by molar-refractivity contribution is -0.158. The van der Waals surface area contributed by atoms with Crippen molar-refractivity contribution in [3.8, 4) is 0 Å². The van der Waals surface area contributed by atoms with Gasteiger partial charge in [-0.05, 0) is 31.1 Å². The maximum Gasteiger partial charge on any atom is 0.246 e. The second kappa shape index (κ2) is 5.35. The molecule has 2 amide bonds. The van der Waals surface area contributed by atoms with Gasteiger partial charge in [0.1, 0.15) is 12.1 Å². The molecule has 0 aromatic heterocycles. The molecule has 1 heterocycles. The normalized spacial score (nSPS) is 29.4. The van der Waals surface area contributed by atoms with Crippen LogP contribution in [0.1, 0.15) is 40.5 Å². The summed E-state index contributed by atoms with van der Waals surface area (Å²) in [5.41, 5.74) is -0.295. The number of nitrogens with one attached hydrogen (secondary N) is 1. The molecule has 1 N–H and O–H groups in total. The van der Waals surface area contributed by atoms with Crippen LogP contribution >= 0.6 is 0 Å². The molecule has 2 rings (SSSR count). The molecule has 5 nitrogen and oxygen atoms in total. The summed E-state index contributed by atoms with van der Waals surface area (Å²) in [7, 11) is 1.62. The summed E-state index contributed by atoms with van der Waals surface area (Å²) in [6.45, 7) is 8.38. The molecule has 0 spiro atoms. The van der Waals surface area contributed by atoms with E-state index in [1.54, 1.807) is 12.0 Å². The van der Waals surface area contributed by atoms with Gasteiger partial charge in [0.05, 0.1) is 12.6 Å². The minimum atomic E-state index is -0.435. The Morgan fingerprint density at radius 1 is 1.35 bits per heavy atom. The van der Waals surface area contributed by atoms with E-state index < -0.39 is 6.04 Å². The Morgan fingerprint density at radius 2 is 1.95 bits per heavy atom. The predicted molar refractivity (Wildman–Crippen MR) is 76.1 cm³/mol. The molecule has 3 unspecified atom stereocenters. The molecule has 1 saturated heterocycles. The lowest BCUT2D eigenvalue weighted by Gasteiger charge is -2.47. The van der Waals surface area contributed by atoms with Crippen molar-refractivity contribution in [2.75, 3.05) is 13.7 Å². The number of hydrogen-bond acceptors (Lipinski definition) is 3. The third kappa shape index (κ3) is 2.82. The Balaban J connectivity index is 2.30. The van der Waals surface area contributed by atoms with Gasteiger partial charge >= 0.3 is 0 Å². The first-order chi connectivity index (χ1) is 9.27. The Hall–Kier alpha value is -1.10. The lowest BCUT2D eigenvalue weighted by atomic mass is 9.82. The number of ether oxygens (including phenoxy) is 1. The SMILES string of the molecule is COCC(C)N1C(=O)C(C2CC2)NC(=O)C1C(C)(C)C. The van der Waals surface area contributed by atoms with Crippen molar-refractivity contribution in [3.05, 3.63) is 0 Å². The minimum Gasteiger partial charge on any atom is -0.383 e. The van der Waals surface area contributed by atoms with E-state index >= 15 is 0 Å². The standard InChI is InChI=1S/C15H26N2O3/c1-9(8-20-5)17-12(15(2,3)4)13(18)16-11(14(17)19)10-6-7-10/h9-12H,6-8H2,1-5H3,(H,16,18). The van der Waals surface area contributed by atoms with Crippen LogP contribution in [0.4, 0.5) is 0 Å². The summed E-state index contributed by atoms with van der Waals surface area (Å²) in [5, 5.41) is 2.94. The summed E-state index contributed by atoms with van der Waals surface area (Å²) >= 11 is 0. The van der Waals surface area contributed by atoms with Gasteiger partial charge in [-0.2, -0.15) is 0 Å². The molecule has 2 aliphatic rings. The van der Waals surface area contributed by atoms with E-state index in [1.165, 1.54) is 0 Å². The van der Waals surface area contributed by atoms with Crippen LogP contribution in [0.25, 0.3) is 0 Å². The van der Waals surface area contributed by atoms with Crippen molar-refractivity contribution in [1.29, 1.82) is 0 Å². The summed E-state index contributed by atoms with van der Waals surface area (Å²) in [5.74, 6) is 0.346. The summed E-state index contributed by atoms with van der Waals surface area (Å²) in [6, 6.07) is -0.861. The number of nitrogens with zero attached hydrogens (tertiary/aromatic N) is 1. The van der Waals surface area contributed by atoms with Crippen molar-refractivity contribution in [3.63, 3.8) is 0 Å². The maximum atomic E-state index is 12.8. The molecular weight excluding hydrogens is 256 g/mol. The number of piperazine rings is 1. The highest BCUT2D eigenvalue weighted by molar-refractivity contribution is 5.98. The largest absolute Gasteiger partial charge is 0.383 e. The Morgan fingerprint density at radius 3 is 2.40 bits per heavy atom. The van der Waals surface area contributed by atoms with Crippen LogP contribution in [0.15, 0.2) is 0 Å². The smallest absolute Gasteiger partial charge is 0.246 e. The van der Waals surface area contributed by atoms with Gasteiger partial charge in [0.2, 0.25) is 11.8 Å². The van der Waals surface area contributed by atoms with Crippen LogP contribution < -0.4 is 5.32 Å². The van der Waals surface area contributed by atoms with E-state index in [9.17, 15) is 9.59 Å². The van der Waals surface area contributed by atoms with E-state index in [4.69, 9.17) is 4.74 Å². The topological polar surface area (TPSA) is 58.6 Å². The molecule has 1 aliphatic heterocycles. The molecule has 114 valence electrons. The molecule has 0 aromatic carbocycles. The van der Waals surface area contributed by atoms with Crippen molar-refractivity contribution in [2.24, 2.45) is 11.3 Å². The van der Waals surface area contributed by atoms with Crippen molar-refractivity contribution >= 4 is 11.8 Å². The van der Waals surface area contributed by atoms with Crippen LogP contribution in [0.3, 0.4) is 0 Å². The Bertz CT molecular complexity index is 398. The predicted octanol–water partition coefficient (Wildman–Crippen LogP) is 1.17. The molecule has 1 aliphatic carbocycles. The van der Waals surface area contributed by atoms with Crippen molar-refractivity contribution in [2.45, 2.75) is 58.7 Å². The number of rotatable bonds is 4. The molecule has 20 heavy (non-hydrogen) atoms. The average molecular weight is 282 g/mol. The average Bonchev–Trinajstić information content (AvgIpc) is 3.13. The monoisotopic (exact) mass is 282 g/mol. The number of methoxy groups -OCH3 is 1. The van der Waals surface area contributed by atoms with Crippen LogP contribution in [-0.4, -0.2) is 48.6 Å². The van der Waals surface area contributed by atoms with Gasteiger partial charge in [0.25, 0.3) is 0 Å². The molecule has 0 bridgehead atoms. The fourth-order valence-electron chi connectivity index (χ4n) is 3.06. The second-order valence-corrected chi connectivity index (χ2v) is 7.14. The van der Waals surface area contributed by atoms with Crippen LogP contribution in [0.2, 0.25) is 0 Å². The van der Waals surface area contributed by atoms with Crippen molar-refractivity contribution in [1.82, 2.24) is 10.2 Å². The zero-order valence-corrected chi connectivity index (χ0v) is 13.1. The van der Waals surface area contributed by atoms with Crippen LogP contribution in [-0.2, 0) is 14.3 Å². The zero-order chi connectivity index (χ0) is 15.1. The summed E-state index contributed by atoms with van der Waals surface area (Å²) in [6.07, 6.45) is 2.06. The van der Waals surface area contributed by atoms with Crippen LogP contribution in [0, 0.1) is 11.3 Å². The molecule has 3 atom stereocenters. The number of carbonyl (C=O) groups is 2. The molecular formula is C15H26N2O3. The van der Waals surface area contributed by atoms with Gasteiger partial charge in [-0.25, -0.2) is 0 Å². The number of carbonyl (C=O) groups excluding carboxylic acids is 2. The number of amides is 2. The molecule has 0 aromatic rings. The first kappa shape index (κ1) is 15.3. The number of hydrogen-bond donors (Lipinski definition) is 1. The van der Waals surface area contributed by atoms with E-state index in [0.717, 1.165) is 12.8 Å². The lowest BCUT2D eigenvalue weighted by Crippen LogP contribution is -2.69. The summed E-state index contributed by atoms with van der Waals surface area (Å²) in [4.78, 5) is 27.0. The maximum absolute atomic E-state index is 12.8. The minimum absolute atomic E-state index is 0.0306. The molecule has 2 fully saturated rings. The highest BCUT2D eigenvalue weighted by atomic mass is 16.5. The van der Waals surface area contributed by atoms with Gasteiger partial charge in [0.15, 0.2) is 0 Å². The van der Waals surface area contributed by atoms with Gasteiger partial charge < -0.3 is 15.0 Å². The first-order valence-corrected chi connectivity index (χ1v) is 7.39. The molecule has 5 heteroatoms. The van der Waals surface area contributed by atoms with E-state index in [0.29, 0.717) is 12.5 Å². The fourth-order valence-corrected chi connectivity index (χ4v) is 3.06. The Kier molecular flexibility index (Phi) is 4.09. The summed E-state index contributed by atoms with van der Waals surface area (Å²) < 4.78 is 5.19. The van der Waals surface area contributed by atoms with Gasteiger partial charge in [-0.1, -0.05) is 20.8 Å². The van der Waals surface area contributed by atoms with E-state index in [2.05, 4.69) is 5.32 Å². The third-order valence-corrected chi connectivity index (χ3v) is 4.14. The molecule has 0 radical (unpaired) electrons. The van der Waals surface area contributed by atoms with E-state index in [1.807, 2.05) is 27.7 Å². The van der Waals surface area contributed by atoms with Gasteiger partial charge in [-0.3, -0.25) is 9.59 Å². The van der Waals surface area contributed by atoms with Crippen LogP contribution in [0.5, 0.6) is 0 Å². The highest BCUT2D eigenvalue weighted by Gasteiger charge is 2.51. The molecule has 1 saturated carbocycles. The fraction of sp³-hybridized carbons (Fsp3) is 0.867. The first-order valence-electron chi connectivity index (χ1n) is 7.39. The van der Waals surface area contributed by atoms with Gasteiger partial charge in [0, 0.05) is 7.11 Å². The van der Waals surface area contributed by atoms with Gasteiger partial charge in [-0.15, -0.1) is 0 Å². The second-order valence-electron chi connectivity index (χ2n) is 7.14.